The predicted octanol–water partition coefficient (Wildman–Crippen LogP) is 4.39. The maximum Gasteiger partial charge on any atom is 0.276 e. The Kier molecular flexibility index (Phi) is 6.84. The molecule has 2 amide bonds. The number of pyridine rings is 2. The zero-order valence-corrected chi connectivity index (χ0v) is 20.1. The molecule has 8 nitrogen and oxygen atoms in total. The third-order valence-electron chi connectivity index (χ3n) is 6.46. The molecule has 182 valence electrons. The molecule has 3 aromatic heterocycles. The Morgan fingerprint density at radius 3 is 2.61 bits per heavy atom. The van der Waals surface area contributed by atoms with Crippen LogP contribution < -0.4 is 5.32 Å². The molecule has 1 saturated heterocycles. The van der Waals surface area contributed by atoms with E-state index in [4.69, 9.17) is 9.40 Å². The van der Waals surface area contributed by atoms with Crippen LogP contribution in [-0.4, -0.2) is 44.8 Å². The maximum absolute atomic E-state index is 13.3. The first-order valence-corrected chi connectivity index (χ1v) is 12.0. The highest BCUT2D eigenvalue weighted by Crippen LogP contribution is 2.31. The summed E-state index contributed by atoms with van der Waals surface area (Å²) in [6.07, 6.45) is 6.18. The monoisotopic (exact) mass is 481 g/mol. The van der Waals surface area contributed by atoms with Gasteiger partial charge in [0.25, 0.3) is 11.8 Å². The van der Waals surface area contributed by atoms with Crippen LogP contribution in [-0.2, 0) is 6.54 Å². The van der Waals surface area contributed by atoms with Crippen LogP contribution in [0.5, 0.6) is 0 Å². The molecular weight excluding hydrogens is 454 g/mol. The van der Waals surface area contributed by atoms with Gasteiger partial charge in [0.2, 0.25) is 0 Å². The molecule has 1 aliphatic heterocycles. The van der Waals surface area contributed by atoms with Gasteiger partial charge in [0.1, 0.15) is 0 Å². The van der Waals surface area contributed by atoms with Crippen LogP contribution in [0.2, 0.25) is 0 Å². The van der Waals surface area contributed by atoms with E-state index in [0.29, 0.717) is 49.5 Å². The molecule has 0 saturated carbocycles. The lowest BCUT2D eigenvalue weighted by Gasteiger charge is -2.32. The topological polar surface area (TPSA) is 101 Å². The molecule has 8 heteroatoms. The summed E-state index contributed by atoms with van der Waals surface area (Å²) in [5, 5.41) is 2.98. The van der Waals surface area contributed by atoms with Crippen LogP contribution >= 0.6 is 0 Å². The second-order valence-electron chi connectivity index (χ2n) is 8.89. The molecule has 36 heavy (non-hydrogen) atoms. The van der Waals surface area contributed by atoms with Crippen molar-refractivity contribution in [3.05, 3.63) is 102 Å². The molecule has 0 radical (unpaired) electrons. The zero-order chi connectivity index (χ0) is 24.9. The van der Waals surface area contributed by atoms with E-state index >= 15 is 0 Å². The quantitative estimate of drug-likeness (QED) is 0.438. The summed E-state index contributed by atoms with van der Waals surface area (Å²) in [6, 6.07) is 17.0. The molecule has 1 N–H and O–H groups in total. The SMILES string of the molecule is Cc1ccc(C(=O)NCc2cccnc2)c(C2CCN(C(=O)c3ncoc3-c3ccccc3)CC2)n1. The fourth-order valence-electron chi connectivity index (χ4n) is 4.56. The lowest BCUT2D eigenvalue weighted by Crippen LogP contribution is -2.39. The van der Waals surface area contributed by atoms with E-state index in [2.05, 4.69) is 15.3 Å². The van der Waals surface area contributed by atoms with E-state index in [1.54, 1.807) is 17.3 Å². The number of hydrogen-bond acceptors (Lipinski definition) is 6. The van der Waals surface area contributed by atoms with E-state index in [1.165, 1.54) is 6.39 Å². The van der Waals surface area contributed by atoms with Crippen molar-refractivity contribution in [1.82, 2.24) is 25.2 Å². The van der Waals surface area contributed by atoms with Crippen LogP contribution in [0.25, 0.3) is 11.3 Å². The second kappa shape index (κ2) is 10.5. The largest absolute Gasteiger partial charge is 0.443 e. The smallest absolute Gasteiger partial charge is 0.276 e. The molecule has 4 heterocycles. The number of nitrogens with zero attached hydrogens (tertiary/aromatic N) is 4. The summed E-state index contributed by atoms with van der Waals surface area (Å²) in [5.74, 6) is 0.261. The number of carbonyl (C=O) groups is 2. The molecule has 1 aromatic carbocycles. The Bertz CT molecular complexity index is 1350. The Labute approximate surface area is 209 Å². The normalized spacial score (nSPS) is 14.0. The van der Waals surface area contributed by atoms with E-state index in [9.17, 15) is 9.59 Å². The summed E-state index contributed by atoms with van der Waals surface area (Å²) in [7, 11) is 0. The van der Waals surface area contributed by atoms with Gasteiger partial charge in [0.05, 0.1) is 11.3 Å². The first-order valence-electron chi connectivity index (χ1n) is 12.0. The lowest BCUT2D eigenvalue weighted by molar-refractivity contribution is 0.0705. The van der Waals surface area contributed by atoms with Crippen molar-refractivity contribution in [3.8, 4) is 11.3 Å². The number of nitrogens with one attached hydrogen (secondary N) is 1. The summed E-state index contributed by atoms with van der Waals surface area (Å²) in [4.78, 5) is 41.2. The van der Waals surface area contributed by atoms with Gasteiger partial charge in [-0.3, -0.25) is 19.6 Å². The second-order valence-corrected chi connectivity index (χ2v) is 8.89. The van der Waals surface area contributed by atoms with Gasteiger partial charge in [-0.1, -0.05) is 36.4 Å². The number of hydrogen-bond donors (Lipinski definition) is 1. The van der Waals surface area contributed by atoms with Crippen molar-refractivity contribution < 1.29 is 14.0 Å². The molecule has 1 aliphatic rings. The minimum absolute atomic E-state index is 0.0824. The van der Waals surface area contributed by atoms with E-state index in [0.717, 1.165) is 22.5 Å². The maximum atomic E-state index is 13.3. The number of aromatic nitrogens is 3. The van der Waals surface area contributed by atoms with Crippen LogP contribution in [0.3, 0.4) is 0 Å². The summed E-state index contributed by atoms with van der Waals surface area (Å²) < 4.78 is 5.55. The van der Waals surface area contributed by atoms with Gasteiger partial charge in [0.15, 0.2) is 17.8 Å². The van der Waals surface area contributed by atoms with E-state index in [1.807, 2.05) is 61.5 Å². The van der Waals surface area contributed by atoms with Crippen LogP contribution in [0.15, 0.2) is 77.8 Å². The number of rotatable bonds is 6. The molecule has 0 aliphatic carbocycles. The van der Waals surface area contributed by atoms with Crippen molar-refractivity contribution in [2.24, 2.45) is 0 Å². The highest BCUT2D eigenvalue weighted by atomic mass is 16.3. The molecule has 0 unspecified atom stereocenters. The van der Waals surface area contributed by atoms with Gasteiger partial charge in [0, 0.05) is 49.2 Å². The van der Waals surface area contributed by atoms with Gasteiger partial charge in [-0.25, -0.2) is 4.98 Å². The van der Waals surface area contributed by atoms with E-state index < -0.39 is 0 Å². The van der Waals surface area contributed by atoms with Crippen molar-refractivity contribution >= 4 is 11.8 Å². The third kappa shape index (κ3) is 5.02. The van der Waals surface area contributed by atoms with E-state index in [-0.39, 0.29) is 17.7 Å². The lowest BCUT2D eigenvalue weighted by atomic mass is 9.89. The minimum Gasteiger partial charge on any atom is -0.443 e. The fourth-order valence-corrected chi connectivity index (χ4v) is 4.56. The summed E-state index contributed by atoms with van der Waals surface area (Å²) in [5.41, 5.74) is 4.31. The molecule has 4 aromatic rings. The first kappa shape index (κ1) is 23.4. The van der Waals surface area contributed by atoms with Gasteiger partial charge >= 0.3 is 0 Å². The molecular formula is C28H27N5O3. The molecule has 5 rings (SSSR count). The zero-order valence-electron chi connectivity index (χ0n) is 20.1. The van der Waals surface area contributed by atoms with Gasteiger partial charge in [-0.15, -0.1) is 0 Å². The number of benzene rings is 1. The van der Waals surface area contributed by atoms with Crippen LogP contribution in [0, 0.1) is 6.92 Å². The number of piperidine rings is 1. The van der Waals surface area contributed by atoms with Gasteiger partial charge in [-0.05, 0) is 43.5 Å². The minimum atomic E-state index is -0.157. The van der Waals surface area contributed by atoms with Gasteiger partial charge in [-0.2, -0.15) is 0 Å². The Morgan fingerprint density at radius 1 is 1.06 bits per heavy atom. The Morgan fingerprint density at radius 2 is 1.86 bits per heavy atom. The predicted molar refractivity (Wildman–Crippen MR) is 134 cm³/mol. The average molecular weight is 482 g/mol. The first-order chi connectivity index (χ1) is 17.6. The molecule has 0 spiro atoms. The van der Waals surface area contributed by atoms with Crippen molar-refractivity contribution in [2.75, 3.05) is 13.1 Å². The number of likely N-dealkylation sites (tertiary alicyclic amines) is 1. The molecule has 0 bridgehead atoms. The fraction of sp³-hybridized carbons (Fsp3) is 0.250. The standard InChI is InChI=1S/C28H27N5O3/c1-19-9-10-23(27(34)30-17-20-6-5-13-29-16-20)24(32-19)21-11-14-33(15-12-21)28(35)25-26(36-18-31-25)22-7-3-2-4-8-22/h2-10,13,16,18,21H,11-12,14-15,17H2,1H3,(H,30,34). The number of amides is 2. The van der Waals surface area contributed by atoms with Crippen molar-refractivity contribution in [3.63, 3.8) is 0 Å². The Hall–Kier alpha value is -4.33. The number of aryl methyl sites for hydroxylation is 1. The average Bonchev–Trinajstić information content (AvgIpc) is 3.42. The van der Waals surface area contributed by atoms with Crippen LogP contribution in [0.1, 0.15) is 56.6 Å². The molecule has 0 atom stereocenters. The molecule has 1 fully saturated rings. The highest BCUT2D eigenvalue weighted by molar-refractivity contribution is 5.98. The van der Waals surface area contributed by atoms with Crippen molar-refractivity contribution in [1.29, 1.82) is 0 Å². The number of carbonyl (C=O) groups excluding carboxylic acids is 2. The highest BCUT2D eigenvalue weighted by Gasteiger charge is 2.30. The van der Waals surface area contributed by atoms with Crippen LogP contribution in [0.4, 0.5) is 0 Å². The Balaban J connectivity index is 1.27. The van der Waals surface area contributed by atoms with Gasteiger partial charge < -0.3 is 14.6 Å². The third-order valence-corrected chi connectivity index (χ3v) is 6.46. The van der Waals surface area contributed by atoms with Crippen molar-refractivity contribution in [2.45, 2.75) is 32.2 Å². The number of oxazole rings is 1. The summed E-state index contributed by atoms with van der Waals surface area (Å²) >= 11 is 0. The summed E-state index contributed by atoms with van der Waals surface area (Å²) in [6.45, 7) is 3.43.